The summed E-state index contributed by atoms with van der Waals surface area (Å²) in [5.41, 5.74) is 0. The quantitative estimate of drug-likeness (QED) is 0.643. The Morgan fingerprint density at radius 1 is 1.27 bits per heavy atom. The largest absolute Gasteiger partial charge is 0.320 e. The molecule has 0 aromatic heterocycles. The van der Waals surface area contributed by atoms with Gasteiger partial charge in [0.15, 0.2) is 9.84 Å². The van der Waals surface area contributed by atoms with Gasteiger partial charge in [0.25, 0.3) is 0 Å². The van der Waals surface area contributed by atoms with Crippen LogP contribution in [0, 0.1) is 0 Å². The first kappa shape index (κ1) is 12.9. The summed E-state index contributed by atoms with van der Waals surface area (Å²) in [6, 6.07) is 0. The summed E-state index contributed by atoms with van der Waals surface area (Å²) in [7, 11) is -0.872. The Morgan fingerprint density at radius 2 is 2.07 bits per heavy atom. The zero-order valence-electron chi connectivity index (χ0n) is 9.46. The van der Waals surface area contributed by atoms with Gasteiger partial charge in [-0.1, -0.05) is 6.42 Å². The Morgan fingerprint density at radius 3 is 2.73 bits per heavy atom. The van der Waals surface area contributed by atoms with Crippen molar-refractivity contribution in [1.82, 2.24) is 10.6 Å². The predicted molar refractivity (Wildman–Crippen MR) is 62.8 cm³/mol. The first-order valence-corrected chi connectivity index (χ1v) is 7.45. The van der Waals surface area contributed by atoms with E-state index in [1.807, 2.05) is 7.05 Å². The molecule has 0 radical (unpaired) electrons. The molecule has 15 heavy (non-hydrogen) atoms. The van der Waals surface area contributed by atoms with Crippen LogP contribution >= 0.6 is 0 Å². The van der Waals surface area contributed by atoms with Gasteiger partial charge in [-0.2, -0.15) is 0 Å². The molecule has 0 saturated carbocycles. The summed E-state index contributed by atoms with van der Waals surface area (Å²) < 4.78 is 23.3. The maximum atomic E-state index is 11.6. The van der Waals surface area contributed by atoms with Crippen LogP contribution in [0.25, 0.3) is 0 Å². The van der Waals surface area contributed by atoms with Gasteiger partial charge in [0, 0.05) is 6.54 Å². The Kier molecular flexibility index (Phi) is 5.56. The minimum atomic E-state index is -2.79. The van der Waals surface area contributed by atoms with Crippen LogP contribution in [0.3, 0.4) is 0 Å². The fourth-order valence-corrected chi connectivity index (χ4v) is 3.74. The van der Waals surface area contributed by atoms with E-state index in [1.165, 1.54) is 0 Å². The van der Waals surface area contributed by atoms with Gasteiger partial charge in [-0.25, -0.2) is 8.42 Å². The average molecular weight is 234 g/mol. The van der Waals surface area contributed by atoms with Crippen LogP contribution in [0.4, 0.5) is 0 Å². The van der Waals surface area contributed by atoms with Gasteiger partial charge in [0.1, 0.15) is 0 Å². The molecule has 2 N–H and O–H groups in total. The average Bonchev–Trinajstić information content (AvgIpc) is 2.19. The van der Waals surface area contributed by atoms with E-state index in [4.69, 9.17) is 0 Å². The number of hydrogen-bond acceptors (Lipinski definition) is 4. The van der Waals surface area contributed by atoms with Crippen LogP contribution in [-0.4, -0.2) is 46.1 Å². The second-order valence-corrected chi connectivity index (χ2v) is 6.55. The lowest BCUT2D eigenvalue weighted by Gasteiger charge is -2.22. The van der Waals surface area contributed by atoms with Crippen molar-refractivity contribution in [3.63, 3.8) is 0 Å². The van der Waals surface area contributed by atoms with E-state index in [1.54, 1.807) is 0 Å². The van der Waals surface area contributed by atoms with Gasteiger partial charge in [0.05, 0.1) is 11.0 Å². The molecule has 1 saturated heterocycles. The van der Waals surface area contributed by atoms with Gasteiger partial charge in [0.2, 0.25) is 0 Å². The Balaban J connectivity index is 2.19. The third-order valence-electron chi connectivity index (χ3n) is 2.87. The molecule has 1 atom stereocenters. The zero-order valence-corrected chi connectivity index (χ0v) is 10.3. The highest BCUT2D eigenvalue weighted by molar-refractivity contribution is 7.92. The molecule has 0 bridgehead atoms. The molecule has 0 aromatic carbocycles. The van der Waals surface area contributed by atoms with E-state index >= 15 is 0 Å². The second-order valence-electron chi connectivity index (χ2n) is 4.15. The summed E-state index contributed by atoms with van der Waals surface area (Å²) in [5.74, 6) is 0.385. The van der Waals surface area contributed by atoms with Crippen LogP contribution in [0.15, 0.2) is 0 Å². The smallest absolute Gasteiger partial charge is 0.154 e. The number of rotatable bonds is 6. The van der Waals surface area contributed by atoms with E-state index in [0.29, 0.717) is 12.3 Å². The molecule has 1 fully saturated rings. The van der Waals surface area contributed by atoms with Crippen molar-refractivity contribution in [2.75, 3.05) is 32.4 Å². The minimum Gasteiger partial charge on any atom is -0.320 e. The fourth-order valence-electron chi connectivity index (χ4n) is 1.90. The molecule has 1 heterocycles. The predicted octanol–water partition coefficient (Wildman–Crippen LogP) is 0.153. The van der Waals surface area contributed by atoms with E-state index in [9.17, 15) is 8.42 Å². The lowest BCUT2D eigenvalue weighted by atomic mass is 10.2. The monoisotopic (exact) mass is 234 g/mol. The van der Waals surface area contributed by atoms with Crippen LogP contribution < -0.4 is 10.6 Å². The van der Waals surface area contributed by atoms with E-state index < -0.39 is 9.84 Å². The lowest BCUT2D eigenvalue weighted by molar-refractivity contribution is 0.516. The molecule has 1 unspecified atom stereocenters. The molecule has 4 nitrogen and oxygen atoms in total. The highest BCUT2D eigenvalue weighted by atomic mass is 32.2. The summed E-state index contributed by atoms with van der Waals surface area (Å²) in [4.78, 5) is 0. The van der Waals surface area contributed by atoms with Crippen LogP contribution in [-0.2, 0) is 9.84 Å². The number of sulfone groups is 1. The van der Waals surface area contributed by atoms with Crippen molar-refractivity contribution in [2.24, 2.45) is 0 Å². The van der Waals surface area contributed by atoms with Gasteiger partial charge >= 0.3 is 0 Å². The SMILES string of the molecule is CNCCCNCC1CCCCS1(=O)=O. The summed E-state index contributed by atoms with van der Waals surface area (Å²) in [6.07, 6.45) is 3.78. The molecule has 1 aliphatic heterocycles. The molecule has 90 valence electrons. The first-order valence-electron chi connectivity index (χ1n) is 5.73. The Bertz CT molecular complexity index is 265. The molecule has 5 heteroatoms. The van der Waals surface area contributed by atoms with Gasteiger partial charge in [-0.15, -0.1) is 0 Å². The van der Waals surface area contributed by atoms with Crippen molar-refractivity contribution >= 4 is 9.84 Å². The maximum absolute atomic E-state index is 11.6. The summed E-state index contributed by atoms with van der Waals surface area (Å²) in [6.45, 7) is 2.50. The molecule has 0 aromatic rings. The molecule has 0 aliphatic carbocycles. The fraction of sp³-hybridized carbons (Fsp3) is 1.00. The van der Waals surface area contributed by atoms with Crippen molar-refractivity contribution in [2.45, 2.75) is 30.9 Å². The molecule has 1 aliphatic rings. The van der Waals surface area contributed by atoms with Crippen LogP contribution in [0.1, 0.15) is 25.7 Å². The second kappa shape index (κ2) is 6.45. The van der Waals surface area contributed by atoms with Crippen molar-refractivity contribution in [3.05, 3.63) is 0 Å². The van der Waals surface area contributed by atoms with Crippen molar-refractivity contribution in [1.29, 1.82) is 0 Å². The van der Waals surface area contributed by atoms with Crippen molar-refractivity contribution in [3.8, 4) is 0 Å². The van der Waals surface area contributed by atoms with E-state index in [0.717, 1.165) is 38.8 Å². The third kappa shape index (κ3) is 4.49. The van der Waals surface area contributed by atoms with Gasteiger partial charge in [-0.05, 0) is 39.4 Å². The highest BCUT2D eigenvalue weighted by Gasteiger charge is 2.27. The van der Waals surface area contributed by atoms with E-state index in [2.05, 4.69) is 10.6 Å². The van der Waals surface area contributed by atoms with E-state index in [-0.39, 0.29) is 5.25 Å². The normalized spacial score (nSPS) is 25.3. The Labute approximate surface area is 92.7 Å². The van der Waals surface area contributed by atoms with Gasteiger partial charge in [-0.3, -0.25) is 0 Å². The highest BCUT2D eigenvalue weighted by Crippen LogP contribution is 2.18. The Hall–Kier alpha value is -0.130. The topological polar surface area (TPSA) is 58.2 Å². The minimum absolute atomic E-state index is 0.138. The number of nitrogens with one attached hydrogen (secondary N) is 2. The summed E-state index contributed by atoms with van der Waals surface area (Å²) in [5, 5.41) is 6.15. The zero-order chi connectivity index (χ0) is 11.1. The molecule has 0 amide bonds. The lowest BCUT2D eigenvalue weighted by Crippen LogP contribution is -2.38. The van der Waals surface area contributed by atoms with Crippen molar-refractivity contribution < 1.29 is 8.42 Å². The molecular formula is C10H22N2O2S. The molecule has 0 spiro atoms. The molecular weight excluding hydrogens is 212 g/mol. The number of hydrogen-bond donors (Lipinski definition) is 2. The van der Waals surface area contributed by atoms with Crippen LogP contribution in [0.5, 0.6) is 0 Å². The maximum Gasteiger partial charge on any atom is 0.154 e. The first-order chi connectivity index (χ1) is 7.17. The summed E-state index contributed by atoms with van der Waals surface area (Å²) >= 11 is 0. The standard InChI is InChI=1S/C10H22N2O2S/c1-11-6-4-7-12-9-10-5-2-3-8-15(10,13)14/h10-12H,2-9H2,1H3. The molecule has 1 rings (SSSR count). The van der Waals surface area contributed by atoms with Gasteiger partial charge < -0.3 is 10.6 Å². The van der Waals surface area contributed by atoms with Crippen LogP contribution in [0.2, 0.25) is 0 Å². The third-order valence-corrected chi connectivity index (χ3v) is 5.14.